The van der Waals surface area contributed by atoms with E-state index in [2.05, 4.69) is 4.74 Å². The third-order valence-corrected chi connectivity index (χ3v) is 2.05. The van der Waals surface area contributed by atoms with E-state index in [1.165, 1.54) is 18.2 Å². The molecule has 15 heavy (non-hydrogen) atoms. The lowest BCUT2D eigenvalue weighted by Crippen LogP contribution is -2.05. The van der Waals surface area contributed by atoms with Gasteiger partial charge in [0.05, 0.1) is 11.1 Å². The molecule has 0 saturated carbocycles. The number of ether oxygens (including phenoxy) is 1. The summed E-state index contributed by atoms with van der Waals surface area (Å²) in [6, 6.07) is 4.28. The number of hydrogen-bond donors (Lipinski definition) is 0. The first-order valence-electron chi connectivity index (χ1n) is 4.05. The summed E-state index contributed by atoms with van der Waals surface area (Å²) >= 11 is 0. The highest BCUT2D eigenvalue weighted by atomic mass is 16.6. The van der Waals surface area contributed by atoms with Crippen LogP contribution in [0, 0.1) is 12.3 Å². The van der Waals surface area contributed by atoms with Crippen LogP contribution in [0.4, 0.5) is 0 Å². The maximum absolute atomic E-state index is 11.3. The van der Waals surface area contributed by atoms with Crippen LogP contribution in [0.25, 0.3) is 0 Å². The Morgan fingerprint density at radius 3 is 2.67 bits per heavy atom. The molecule has 0 radical (unpaired) electrons. The van der Waals surface area contributed by atoms with E-state index in [1.54, 1.807) is 0 Å². The van der Waals surface area contributed by atoms with Crippen LogP contribution in [0.1, 0.15) is 31.1 Å². The Morgan fingerprint density at radius 2 is 2.00 bits per heavy atom. The zero-order valence-corrected chi connectivity index (χ0v) is 7.44. The molecule has 4 nitrogen and oxygen atoms in total. The Balaban J connectivity index is 2.72. The van der Waals surface area contributed by atoms with E-state index >= 15 is 0 Å². The van der Waals surface area contributed by atoms with Crippen LogP contribution in [0.3, 0.4) is 0 Å². The number of terminal acetylenes is 1. The molecular formula is C11H4O4. The highest BCUT2D eigenvalue weighted by molar-refractivity contribution is 6.22. The molecule has 0 spiro atoms. The third-order valence-electron chi connectivity index (χ3n) is 2.05. The molecule has 0 N–H and O–H groups in total. The van der Waals surface area contributed by atoms with Crippen molar-refractivity contribution in [2.75, 3.05) is 0 Å². The van der Waals surface area contributed by atoms with Gasteiger partial charge in [-0.05, 0) is 18.1 Å². The standard InChI is InChI=1S/C11H4O4/c1-2-8(12)6-4-3-5-7-9(6)11(14)15-10(7)13/h1,3-5H. The van der Waals surface area contributed by atoms with E-state index < -0.39 is 17.7 Å². The summed E-state index contributed by atoms with van der Waals surface area (Å²) in [5.41, 5.74) is 0.0809. The average Bonchev–Trinajstić information content (AvgIpc) is 2.54. The van der Waals surface area contributed by atoms with Gasteiger partial charge in [-0.3, -0.25) is 4.79 Å². The molecule has 1 aromatic rings. The number of hydrogen-bond acceptors (Lipinski definition) is 4. The number of ketones is 1. The minimum absolute atomic E-state index is 0.0332. The van der Waals surface area contributed by atoms with Crippen molar-refractivity contribution in [3.8, 4) is 12.3 Å². The van der Waals surface area contributed by atoms with Gasteiger partial charge in [-0.25, -0.2) is 9.59 Å². The molecule has 0 atom stereocenters. The second kappa shape index (κ2) is 3.07. The van der Waals surface area contributed by atoms with Gasteiger partial charge in [-0.1, -0.05) is 6.07 Å². The topological polar surface area (TPSA) is 60.4 Å². The predicted molar refractivity (Wildman–Crippen MR) is 49.4 cm³/mol. The van der Waals surface area contributed by atoms with Gasteiger partial charge in [-0.2, -0.15) is 0 Å². The third kappa shape index (κ3) is 1.22. The Morgan fingerprint density at radius 1 is 1.27 bits per heavy atom. The van der Waals surface area contributed by atoms with Crippen LogP contribution in [-0.2, 0) is 4.74 Å². The second-order valence-corrected chi connectivity index (χ2v) is 2.88. The van der Waals surface area contributed by atoms with Crippen LogP contribution < -0.4 is 0 Å². The Labute approximate surface area is 84.8 Å². The molecule has 0 aliphatic carbocycles. The molecule has 1 aliphatic heterocycles. The molecule has 2 rings (SSSR count). The van der Waals surface area contributed by atoms with Crippen molar-refractivity contribution in [3.05, 3.63) is 34.9 Å². The molecule has 1 aliphatic rings. The highest BCUT2D eigenvalue weighted by Gasteiger charge is 2.33. The first kappa shape index (κ1) is 9.16. The van der Waals surface area contributed by atoms with Crippen molar-refractivity contribution in [1.82, 2.24) is 0 Å². The quantitative estimate of drug-likeness (QED) is 0.221. The summed E-state index contributed by atoms with van der Waals surface area (Å²) in [7, 11) is 0. The molecule has 0 amide bonds. The van der Waals surface area contributed by atoms with Crippen LogP contribution in [0.15, 0.2) is 18.2 Å². The fraction of sp³-hybridized carbons (Fsp3) is 0. The maximum atomic E-state index is 11.3. The van der Waals surface area contributed by atoms with Gasteiger partial charge >= 0.3 is 11.9 Å². The first-order valence-corrected chi connectivity index (χ1v) is 4.05. The van der Waals surface area contributed by atoms with Crippen LogP contribution in [0.2, 0.25) is 0 Å². The maximum Gasteiger partial charge on any atom is 0.347 e. The minimum atomic E-state index is -0.825. The highest BCUT2D eigenvalue weighted by Crippen LogP contribution is 2.23. The monoisotopic (exact) mass is 200 g/mol. The molecule has 4 heteroatoms. The minimum Gasteiger partial charge on any atom is -0.386 e. The predicted octanol–water partition coefficient (Wildman–Crippen LogP) is 0.813. The van der Waals surface area contributed by atoms with Crippen molar-refractivity contribution in [2.24, 2.45) is 0 Å². The van der Waals surface area contributed by atoms with Crippen molar-refractivity contribution in [2.45, 2.75) is 0 Å². The van der Waals surface area contributed by atoms with E-state index in [0.717, 1.165) is 0 Å². The summed E-state index contributed by atoms with van der Waals surface area (Å²) in [5, 5.41) is 0. The Kier molecular flexibility index (Phi) is 1.87. The van der Waals surface area contributed by atoms with Gasteiger partial charge in [0.15, 0.2) is 0 Å². The SMILES string of the molecule is C#CC(=O)c1cccc2c1C(=O)OC2=O. The fourth-order valence-corrected chi connectivity index (χ4v) is 1.40. The van der Waals surface area contributed by atoms with E-state index in [1.807, 2.05) is 5.92 Å². The van der Waals surface area contributed by atoms with Crippen molar-refractivity contribution in [3.63, 3.8) is 0 Å². The zero-order chi connectivity index (χ0) is 11.0. The molecule has 72 valence electrons. The lowest BCUT2D eigenvalue weighted by Gasteiger charge is -1.97. The number of fused-ring (bicyclic) bond motifs is 1. The molecule has 1 aromatic carbocycles. The number of esters is 2. The van der Waals surface area contributed by atoms with Gasteiger partial charge in [0.1, 0.15) is 0 Å². The van der Waals surface area contributed by atoms with E-state index in [-0.39, 0.29) is 16.7 Å². The van der Waals surface area contributed by atoms with Crippen LogP contribution in [0.5, 0.6) is 0 Å². The molecule has 0 unspecified atom stereocenters. The number of carbonyl (C=O) groups is 3. The number of benzene rings is 1. The molecule has 1 heterocycles. The van der Waals surface area contributed by atoms with Gasteiger partial charge in [0.25, 0.3) is 0 Å². The molecule has 0 fully saturated rings. The number of cyclic esters (lactones) is 2. The van der Waals surface area contributed by atoms with Gasteiger partial charge in [0, 0.05) is 5.56 Å². The molecule has 0 aromatic heterocycles. The van der Waals surface area contributed by atoms with E-state index in [4.69, 9.17) is 6.42 Å². The molecule has 0 bridgehead atoms. The van der Waals surface area contributed by atoms with E-state index in [9.17, 15) is 14.4 Å². The summed E-state index contributed by atoms with van der Waals surface area (Å²) in [6.45, 7) is 0. The number of rotatable bonds is 1. The second-order valence-electron chi connectivity index (χ2n) is 2.88. The fourth-order valence-electron chi connectivity index (χ4n) is 1.40. The summed E-state index contributed by atoms with van der Waals surface area (Å²) in [5.74, 6) is -0.325. The lowest BCUT2D eigenvalue weighted by atomic mass is 10.00. The summed E-state index contributed by atoms with van der Waals surface area (Å²) in [4.78, 5) is 33.7. The summed E-state index contributed by atoms with van der Waals surface area (Å²) < 4.78 is 4.37. The lowest BCUT2D eigenvalue weighted by molar-refractivity contribution is 0.0442. The Bertz CT molecular complexity index is 534. The van der Waals surface area contributed by atoms with E-state index in [0.29, 0.717) is 0 Å². The average molecular weight is 200 g/mol. The smallest absolute Gasteiger partial charge is 0.347 e. The number of Topliss-reactive ketones (excluding diaryl/α,β-unsaturated/α-hetero) is 1. The largest absolute Gasteiger partial charge is 0.386 e. The van der Waals surface area contributed by atoms with Gasteiger partial charge in [0.2, 0.25) is 5.78 Å². The zero-order valence-electron chi connectivity index (χ0n) is 7.44. The summed E-state index contributed by atoms with van der Waals surface area (Å²) in [6.07, 6.45) is 4.94. The van der Waals surface area contributed by atoms with Crippen LogP contribution in [-0.4, -0.2) is 17.7 Å². The van der Waals surface area contributed by atoms with Gasteiger partial charge in [-0.15, -0.1) is 6.42 Å². The molecule has 0 saturated heterocycles. The molecular weight excluding hydrogens is 196 g/mol. The first-order chi connectivity index (χ1) is 7.15. The number of carbonyl (C=O) groups excluding carboxylic acids is 3. The van der Waals surface area contributed by atoms with Crippen molar-refractivity contribution in [1.29, 1.82) is 0 Å². The van der Waals surface area contributed by atoms with Crippen molar-refractivity contribution >= 4 is 17.7 Å². The van der Waals surface area contributed by atoms with Crippen molar-refractivity contribution < 1.29 is 19.1 Å². The Hall–Kier alpha value is -2.41. The normalized spacial score (nSPS) is 13.0. The van der Waals surface area contributed by atoms with Gasteiger partial charge < -0.3 is 4.74 Å². The van der Waals surface area contributed by atoms with Crippen LogP contribution >= 0.6 is 0 Å².